The Labute approximate surface area is 136 Å². The molecule has 0 aliphatic carbocycles. The Morgan fingerprint density at radius 3 is 2.74 bits per heavy atom. The first-order chi connectivity index (χ1) is 11.1. The van der Waals surface area contributed by atoms with E-state index >= 15 is 0 Å². The van der Waals surface area contributed by atoms with Gasteiger partial charge in [0, 0.05) is 31.6 Å². The number of hydrogen-bond acceptors (Lipinski definition) is 5. The van der Waals surface area contributed by atoms with Crippen molar-refractivity contribution in [1.82, 2.24) is 15.5 Å². The second kappa shape index (κ2) is 8.43. The molecule has 0 radical (unpaired) electrons. The summed E-state index contributed by atoms with van der Waals surface area (Å²) in [5.74, 6) is 0.964. The zero-order valence-corrected chi connectivity index (χ0v) is 13.8. The summed E-state index contributed by atoms with van der Waals surface area (Å²) in [6.07, 6.45) is 1.73. The highest BCUT2D eigenvalue weighted by Crippen LogP contribution is 2.17. The number of nitrogens with zero attached hydrogens (tertiary/aromatic N) is 2. The van der Waals surface area contributed by atoms with E-state index < -0.39 is 0 Å². The third-order valence-corrected chi connectivity index (χ3v) is 3.48. The Kier molecular flexibility index (Phi) is 6.29. The number of methoxy groups -OCH3 is 1. The molecule has 23 heavy (non-hydrogen) atoms. The van der Waals surface area contributed by atoms with E-state index in [9.17, 15) is 4.79 Å². The lowest BCUT2D eigenvalue weighted by molar-refractivity contribution is -0.122. The van der Waals surface area contributed by atoms with Gasteiger partial charge in [-0.25, -0.2) is 0 Å². The van der Waals surface area contributed by atoms with Gasteiger partial charge in [-0.05, 0) is 18.9 Å². The maximum absolute atomic E-state index is 11.8. The number of nitrogens with one attached hydrogen (secondary N) is 1. The number of aromatic nitrogens is 2. The van der Waals surface area contributed by atoms with Gasteiger partial charge in [-0.2, -0.15) is 4.98 Å². The topological polar surface area (TPSA) is 77.2 Å². The van der Waals surface area contributed by atoms with Crippen LogP contribution in [0.4, 0.5) is 0 Å². The van der Waals surface area contributed by atoms with Crippen molar-refractivity contribution in [2.24, 2.45) is 0 Å². The molecule has 2 rings (SSSR count). The maximum Gasteiger partial charge on any atom is 0.227 e. The lowest BCUT2D eigenvalue weighted by atomic mass is 10.1. The number of rotatable bonds is 8. The fourth-order valence-corrected chi connectivity index (χ4v) is 2.22. The molecule has 6 nitrogen and oxygen atoms in total. The van der Waals surface area contributed by atoms with Crippen LogP contribution in [0.15, 0.2) is 28.8 Å². The molecule has 0 aliphatic rings. The molecule has 1 unspecified atom stereocenters. The van der Waals surface area contributed by atoms with Gasteiger partial charge in [-0.1, -0.05) is 36.3 Å². The molecule has 1 heterocycles. The molecule has 6 heteroatoms. The van der Waals surface area contributed by atoms with Crippen molar-refractivity contribution < 1.29 is 14.1 Å². The number of benzene rings is 1. The molecule has 0 bridgehead atoms. The van der Waals surface area contributed by atoms with Crippen molar-refractivity contribution in [1.29, 1.82) is 0 Å². The molecule has 1 aromatic carbocycles. The lowest BCUT2D eigenvalue weighted by Crippen LogP contribution is -2.35. The maximum atomic E-state index is 11.8. The van der Waals surface area contributed by atoms with Crippen LogP contribution in [0.5, 0.6) is 0 Å². The van der Waals surface area contributed by atoms with E-state index in [2.05, 4.69) is 34.5 Å². The first-order valence-electron chi connectivity index (χ1n) is 7.82. The first-order valence-corrected chi connectivity index (χ1v) is 7.82. The van der Waals surface area contributed by atoms with Crippen LogP contribution in [-0.2, 0) is 22.4 Å². The number of hydrogen-bond donors (Lipinski definition) is 1. The summed E-state index contributed by atoms with van der Waals surface area (Å²) in [5.41, 5.74) is 2.18. The smallest absolute Gasteiger partial charge is 0.227 e. The molecule has 0 spiro atoms. The van der Waals surface area contributed by atoms with Gasteiger partial charge in [0.05, 0.1) is 6.61 Å². The number of aryl methyl sites for hydroxylation is 2. The minimum atomic E-state index is -0.0541. The Balaban J connectivity index is 1.88. The predicted molar refractivity (Wildman–Crippen MR) is 86.9 cm³/mol. The van der Waals surface area contributed by atoms with Crippen molar-refractivity contribution in [2.75, 3.05) is 13.7 Å². The van der Waals surface area contributed by atoms with Gasteiger partial charge in [0.25, 0.3) is 0 Å². The van der Waals surface area contributed by atoms with Crippen molar-refractivity contribution in [3.63, 3.8) is 0 Å². The van der Waals surface area contributed by atoms with E-state index in [1.165, 1.54) is 5.56 Å². The molecule has 1 aromatic heterocycles. The van der Waals surface area contributed by atoms with Crippen molar-refractivity contribution >= 4 is 5.91 Å². The predicted octanol–water partition coefficient (Wildman–Crippen LogP) is 2.38. The highest BCUT2D eigenvalue weighted by atomic mass is 16.5. The minimum Gasteiger partial charge on any atom is -0.383 e. The molecular weight excluding hydrogens is 294 g/mol. The average molecular weight is 317 g/mol. The number of carbonyl (C=O) groups is 1. The summed E-state index contributed by atoms with van der Waals surface area (Å²) in [6.45, 7) is 4.50. The molecule has 1 N–H and O–H groups in total. The van der Waals surface area contributed by atoms with Crippen LogP contribution >= 0.6 is 0 Å². The van der Waals surface area contributed by atoms with E-state index in [1.54, 1.807) is 7.11 Å². The molecule has 0 saturated carbocycles. The van der Waals surface area contributed by atoms with Crippen LogP contribution < -0.4 is 5.32 Å². The van der Waals surface area contributed by atoms with Gasteiger partial charge in [-0.3, -0.25) is 4.79 Å². The van der Waals surface area contributed by atoms with Gasteiger partial charge < -0.3 is 14.6 Å². The highest BCUT2D eigenvalue weighted by Gasteiger charge is 2.12. The number of amides is 1. The van der Waals surface area contributed by atoms with Crippen molar-refractivity contribution in [3.8, 4) is 11.4 Å². The fourth-order valence-electron chi connectivity index (χ4n) is 2.22. The molecule has 1 amide bonds. The molecule has 0 fully saturated rings. The van der Waals surface area contributed by atoms with E-state index in [1.807, 2.05) is 19.1 Å². The van der Waals surface area contributed by atoms with Crippen LogP contribution in [0.1, 0.15) is 31.7 Å². The largest absolute Gasteiger partial charge is 0.383 e. The zero-order valence-electron chi connectivity index (χ0n) is 13.8. The van der Waals surface area contributed by atoms with E-state index in [0.29, 0.717) is 31.2 Å². The zero-order chi connectivity index (χ0) is 16.7. The summed E-state index contributed by atoms with van der Waals surface area (Å²) < 4.78 is 10.2. The van der Waals surface area contributed by atoms with Crippen molar-refractivity contribution in [3.05, 3.63) is 35.7 Å². The summed E-state index contributed by atoms with van der Waals surface area (Å²) in [7, 11) is 1.61. The fraction of sp³-hybridized carbons (Fsp3) is 0.471. The SMILES string of the molecule is CCc1ccc(-c2noc(CCC(=O)NC(C)COC)n2)cc1. The normalized spacial score (nSPS) is 12.1. The van der Waals surface area contributed by atoms with Crippen LogP contribution in [0.2, 0.25) is 0 Å². The Hall–Kier alpha value is -2.21. The highest BCUT2D eigenvalue weighted by molar-refractivity contribution is 5.76. The molecule has 0 saturated heterocycles. The van der Waals surface area contributed by atoms with Gasteiger partial charge >= 0.3 is 0 Å². The minimum absolute atomic E-state index is 0.0113. The van der Waals surface area contributed by atoms with Crippen molar-refractivity contribution in [2.45, 2.75) is 39.2 Å². The summed E-state index contributed by atoms with van der Waals surface area (Å²) >= 11 is 0. The molecule has 0 aliphatic heterocycles. The van der Waals surface area contributed by atoms with Gasteiger partial charge in [0.15, 0.2) is 0 Å². The van der Waals surface area contributed by atoms with Crippen LogP contribution in [0.25, 0.3) is 11.4 Å². The summed E-state index contributed by atoms with van der Waals surface area (Å²) in [4.78, 5) is 16.1. The van der Waals surface area contributed by atoms with Crippen LogP contribution in [0, 0.1) is 0 Å². The molecule has 1 atom stereocenters. The third-order valence-electron chi connectivity index (χ3n) is 3.48. The third kappa shape index (κ3) is 5.17. The summed E-state index contributed by atoms with van der Waals surface area (Å²) in [5, 5.41) is 6.82. The van der Waals surface area contributed by atoms with E-state index in [-0.39, 0.29) is 11.9 Å². The Morgan fingerprint density at radius 2 is 2.09 bits per heavy atom. The molecule has 2 aromatic rings. The second-order valence-electron chi connectivity index (χ2n) is 5.49. The molecule has 124 valence electrons. The molecular formula is C17H23N3O3. The number of ether oxygens (including phenoxy) is 1. The second-order valence-corrected chi connectivity index (χ2v) is 5.49. The van der Waals surface area contributed by atoms with E-state index in [4.69, 9.17) is 9.26 Å². The van der Waals surface area contributed by atoms with Gasteiger partial charge in [-0.15, -0.1) is 0 Å². The average Bonchev–Trinajstić information content (AvgIpc) is 3.02. The van der Waals surface area contributed by atoms with Gasteiger partial charge in [0.1, 0.15) is 0 Å². The number of carbonyl (C=O) groups excluding carboxylic acids is 1. The quantitative estimate of drug-likeness (QED) is 0.809. The summed E-state index contributed by atoms with van der Waals surface area (Å²) in [6, 6.07) is 8.05. The Morgan fingerprint density at radius 1 is 1.35 bits per heavy atom. The monoisotopic (exact) mass is 317 g/mol. The standard InChI is InChI=1S/C17H23N3O3/c1-4-13-5-7-14(8-6-13)17-19-16(23-20-17)10-9-15(21)18-12(2)11-22-3/h5-8,12H,4,9-11H2,1-3H3,(H,18,21). The first kappa shape index (κ1) is 17.1. The lowest BCUT2D eigenvalue weighted by Gasteiger charge is -2.11. The van der Waals surface area contributed by atoms with Crippen LogP contribution in [0.3, 0.4) is 0 Å². The van der Waals surface area contributed by atoms with E-state index in [0.717, 1.165) is 12.0 Å². The Bertz CT molecular complexity index is 622. The van der Waals surface area contributed by atoms with Gasteiger partial charge in [0.2, 0.25) is 17.6 Å². The van der Waals surface area contributed by atoms with Crippen LogP contribution in [-0.4, -0.2) is 35.8 Å².